The van der Waals surface area contributed by atoms with E-state index in [0.29, 0.717) is 29.6 Å². The average molecular weight is 282 g/mol. The molecule has 0 spiro atoms. The van der Waals surface area contributed by atoms with Crippen LogP contribution in [0.5, 0.6) is 11.5 Å². The van der Waals surface area contributed by atoms with Crippen LogP contribution in [0, 0.1) is 0 Å². The Labute approximate surface area is 117 Å². The lowest BCUT2D eigenvalue weighted by molar-refractivity contribution is 0.354. The molecule has 1 heterocycles. The smallest absolute Gasteiger partial charge is 0.162 e. The van der Waals surface area contributed by atoms with E-state index < -0.39 is 0 Å². The van der Waals surface area contributed by atoms with Crippen LogP contribution in [-0.4, -0.2) is 14.2 Å². The quantitative estimate of drug-likeness (QED) is 0.883. The summed E-state index contributed by atoms with van der Waals surface area (Å²) >= 11 is 6.20. The molecule has 0 bridgehead atoms. The van der Waals surface area contributed by atoms with Gasteiger partial charge in [-0.05, 0) is 23.8 Å². The first-order valence-electron chi connectivity index (χ1n) is 5.88. The predicted molar refractivity (Wildman–Crippen MR) is 73.8 cm³/mol. The maximum Gasteiger partial charge on any atom is 0.162 e. The molecule has 0 aliphatic rings. The summed E-state index contributed by atoms with van der Waals surface area (Å²) in [5, 5.41) is 3.90. The van der Waals surface area contributed by atoms with Crippen molar-refractivity contribution >= 4 is 11.6 Å². The molecule has 0 radical (unpaired) electrons. The summed E-state index contributed by atoms with van der Waals surface area (Å²) in [7, 11) is 3.19. The van der Waals surface area contributed by atoms with Gasteiger partial charge < -0.3 is 19.2 Å². The summed E-state index contributed by atoms with van der Waals surface area (Å²) in [6.45, 7) is 1.28. The van der Waals surface area contributed by atoms with Gasteiger partial charge in [-0.25, -0.2) is 0 Å². The van der Waals surface area contributed by atoms with E-state index in [4.69, 9.17) is 25.5 Å². The van der Waals surface area contributed by atoms with Gasteiger partial charge in [-0.2, -0.15) is 0 Å². The molecule has 102 valence electrons. The minimum absolute atomic E-state index is 0.625. The van der Waals surface area contributed by atoms with Crippen LogP contribution in [0.3, 0.4) is 0 Å². The Kier molecular flexibility index (Phi) is 4.71. The minimum Gasteiger partial charge on any atom is -0.493 e. The van der Waals surface area contributed by atoms with Crippen LogP contribution in [0.4, 0.5) is 0 Å². The van der Waals surface area contributed by atoms with Crippen molar-refractivity contribution in [3.05, 3.63) is 46.9 Å². The van der Waals surface area contributed by atoms with Crippen molar-refractivity contribution in [2.75, 3.05) is 14.2 Å². The van der Waals surface area contributed by atoms with Crippen LogP contribution < -0.4 is 14.8 Å². The zero-order valence-corrected chi connectivity index (χ0v) is 11.7. The second-order valence-corrected chi connectivity index (χ2v) is 4.39. The van der Waals surface area contributed by atoms with Gasteiger partial charge in [0, 0.05) is 17.6 Å². The van der Waals surface area contributed by atoms with Crippen molar-refractivity contribution in [3.63, 3.8) is 0 Å². The Morgan fingerprint density at radius 1 is 1.16 bits per heavy atom. The van der Waals surface area contributed by atoms with Crippen LogP contribution >= 0.6 is 11.6 Å². The number of hydrogen-bond donors (Lipinski definition) is 1. The topological polar surface area (TPSA) is 43.6 Å². The van der Waals surface area contributed by atoms with Gasteiger partial charge in [-0.15, -0.1) is 0 Å². The summed E-state index contributed by atoms with van der Waals surface area (Å²) in [6, 6.07) is 7.41. The number of rotatable bonds is 6. The fourth-order valence-corrected chi connectivity index (χ4v) is 1.99. The standard InChI is InChI=1S/C14H16ClNO3/c1-17-13-6-10(12(15)7-14(13)18-2)8-16-9-11-4-3-5-19-11/h3-7,16H,8-9H2,1-2H3. The van der Waals surface area contributed by atoms with Crippen molar-refractivity contribution in [1.29, 1.82) is 0 Å². The molecule has 4 nitrogen and oxygen atoms in total. The number of hydrogen-bond acceptors (Lipinski definition) is 4. The number of furan rings is 1. The normalized spacial score (nSPS) is 10.5. The van der Waals surface area contributed by atoms with Crippen LogP contribution in [0.15, 0.2) is 34.9 Å². The molecular formula is C14H16ClNO3. The summed E-state index contributed by atoms with van der Waals surface area (Å²) in [5.74, 6) is 2.18. The predicted octanol–water partition coefficient (Wildman–Crippen LogP) is 3.24. The molecule has 0 aliphatic carbocycles. The lowest BCUT2D eigenvalue weighted by Gasteiger charge is -2.12. The van der Waals surface area contributed by atoms with Gasteiger partial charge in [0.15, 0.2) is 11.5 Å². The zero-order valence-electron chi connectivity index (χ0n) is 10.9. The molecule has 5 heteroatoms. The fourth-order valence-electron chi connectivity index (χ4n) is 1.77. The van der Waals surface area contributed by atoms with Crippen molar-refractivity contribution < 1.29 is 13.9 Å². The summed E-state index contributed by atoms with van der Waals surface area (Å²) in [5.41, 5.74) is 0.950. The summed E-state index contributed by atoms with van der Waals surface area (Å²) in [4.78, 5) is 0. The first-order valence-corrected chi connectivity index (χ1v) is 6.26. The Hall–Kier alpha value is -1.65. The minimum atomic E-state index is 0.625. The van der Waals surface area contributed by atoms with Gasteiger partial charge in [0.05, 0.1) is 27.0 Å². The second kappa shape index (κ2) is 6.50. The third-order valence-electron chi connectivity index (χ3n) is 2.75. The number of benzene rings is 1. The summed E-state index contributed by atoms with van der Waals surface area (Å²) in [6.07, 6.45) is 1.65. The highest BCUT2D eigenvalue weighted by Gasteiger charge is 2.09. The third kappa shape index (κ3) is 3.43. The van der Waals surface area contributed by atoms with Crippen molar-refractivity contribution in [3.8, 4) is 11.5 Å². The Morgan fingerprint density at radius 3 is 2.53 bits per heavy atom. The van der Waals surface area contributed by atoms with E-state index >= 15 is 0 Å². The fraction of sp³-hybridized carbons (Fsp3) is 0.286. The van der Waals surface area contributed by atoms with E-state index in [2.05, 4.69) is 5.32 Å². The van der Waals surface area contributed by atoms with E-state index in [-0.39, 0.29) is 0 Å². The highest BCUT2D eigenvalue weighted by Crippen LogP contribution is 2.32. The molecule has 2 rings (SSSR count). The van der Waals surface area contributed by atoms with E-state index in [1.807, 2.05) is 18.2 Å². The SMILES string of the molecule is COc1cc(Cl)c(CNCc2ccco2)cc1OC. The molecule has 0 aliphatic heterocycles. The molecule has 0 saturated heterocycles. The molecular weight excluding hydrogens is 266 g/mol. The molecule has 1 aromatic heterocycles. The number of ether oxygens (including phenoxy) is 2. The summed E-state index contributed by atoms with van der Waals surface area (Å²) < 4.78 is 15.7. The third-order valence-corrected chi connectivity index (χ3v) is 3.10. The van der Waals surface area contributed by atoms with Crippen LogP contribution in [-0.2, 0) is 13.1 Å². The average Bonchev–Trinajstić information content (AvgIpc) is 2.93. The zero-order chi connectivity index (χ0) is 13.7. The first kappa shape index (κ1) is 13.8. The van der Waals surface area contributed by atoms with Crippen LogP contribution in [0.1, 0.15) is 11.3 Å². The molecule has 0 saturated carbocycles. The van der Waals surface area contributed by atoms with Gasteiger partial charge in [0.25, 0.3) is 0 Å². The van der Waals surface area contributed by atoms with Gasteiger partial charge in [-0.3, -0.25) is 0 Å². The lowest BCUT2D eigenvalue weighted by Crippen LogP contribution is -2.12. The number of methoxy groups -OCH3 is 2. The Morgan fingerprint density at radius 2 is 1.89 bits per heavy atom. The van der Waals surface area contributed by atoms with E-state index in [0.717, 1.165) is 11.3 Å². The van der Waals surface area contributed by atoms with Gasteiger partial charge >= 0.3 is 0 Å². The molecule has 0 amide bonds. The van der Waals surface area contributed by atoms with E-state index in [9.17, 15) is 0 Å². The highest BCUT2D eigenvalue weighted by molar-refractivity contribution is 6.31. The molecule has 2 aromatic rings. The molecule has 1 aromatic carbocycles. The maximum absolute atomic E-state index is 6.20. The number of halogens is 1. The van der Waals surface area contributed by atoms with E-state index in [1.54, 1.807) is 26.5 Å². The molecule has 0 atom stereocenters. The Bertz CT molecular complexity index is 526. The van der Waals surface area contributed by atoms with Crippen molar-refractivity contribution in [2.45, 2.75) is 13.1 Å². The van der Waals surface area contributed by atoms with E-state index in [1.165, 1.54) is 0 Å². The van der Waals surface area contributed by atoms with Gasteiger partial charge in [-0.1, -0.05) is 11.6 Å². The largest absolute Gasteiger partial charge is 0.493 e. The molecule has 1 N–H and O–H groups in total. The molecule has 0 unspecified atom stereocenters. The van der Waals surface area contributed by atoms with Crippen molar-refractivity contribution in [2.24, 2.45) is 0 Å². The number of nitrogens with one attached hydrogen (secondary N) is 1. The van der Waals surface area contributed by atoms with Crippen molar-refractivity contribution in [1.82, 2.24) is 5.32 Å². The lowest BCUT2D eigenvalue weighted by atomic mass is 10.2. The molecule has 19 heavy (non-hydrogen) atoms. The van der Waals surface area contributed by atoms with Gasteiger partial charge in [0.1, 0.15) is 5.76 Å². The van der Waals surface area contributed by atoms with Gasteiger partial charge in [0.2, 0.25) is 0 Å². The molecule has 0 fully saturated rings. The first-order chi connectivity index (χ1) is 9.24. The van der Waals surface area contributed by atoms with Crippen LogP contribution in [0.2, 0.25) is 5.02 Å². The maximum atomic E-state index is 6.20. The monoisotopic (exact) mass is 281 g/mol. The second-order valence-electron chi connectivity index (χ2n) is 3.98. The van der Waals surface area contributed by atoms with Crippen LogP contribution in [0.25, 0.3) is 0 Å². The Balaban J connectivity index is 2.03. The highest BCUT2D eigenvalue weighted by atomic mass is 35.5.